The van der Waals surface area contributed by atoms with Crippen LogP contribution in [0.15, 0.2) is 6.20 Å². The Kier molecular flexibility index (Phi) is 2.41. The van der Waals surface area contributed by atoms with Gasteiger partial charge in [0.1, 0.15) is 5.82 Å². The predicted octanol–water partition coefficient (Wildman–Crippen LogP) is 1.80. The van der Waals surface area contributed by atoms with E-state index in [9.17, 15) is 13.2 Å². The molecule has 0 bridgehead atoms. The van der Waals surface area contributed by atoms with Crippen molar-refractivity contribution in [1.29, 1.82) is 0 Å². The Hall–Kier alpha value is -1.86. The van der Waals surface area contributed by atoms with Crippen LogP contribution in [0, 0.1) is 0 Å². The number of alkyl halides is 3. The minimum atomic E-state index is -4.57. The molecule has 2 heterocycles. The molecule has 0 aromatic carbocycles. The number of nitrogens with one attached hydrogen (secondary N) is 2. The summed E-state index contributed by atoms with van der Waals surface area (Å²) >= 11 is 0. The Morgan fingerprint density at radius 2 is 2.12 bits per heavy atom. The van der Waals surface area contributed by atoms with E-state index in [4.69, 9.17) is 0 Å². The average Bonchev–Trinajstić information content (AvgIpc) is 2.64. The van der Waals surface area contributed by atoms with E-state index in [1.165, 1.54) is 6.20 Å². The maximum atomic E-state index is 12.5. The van der Waals surface area contributed by atoms with Crippen LogP contribution in [0.5, 0.6) is 0 Å². The third-order valence-electron chi connectivity index (χ3n) is 1.91. The number of rotatable bonds is 2. The van der Waals surface area contributed by atoms with Crippen LogP contribution in [-0.4, -0.2) is 26.7 Å². The Bertz CT molecular complexity index is 504. The van der Waals surface area contributed by atoms with E-state index >= 15 is 0 Å². The summed E-state index contributed by atoms with van der Waals surface area (Å²) in [6, 6.07) is 0. The summed E-state index contributed by atoms with van der Waals surface area (Å²) in [4.78, 5) is 6.78. The lowest BCUT2D eigenvalue weighted by Gasteiger charge is -2.08. The van der Waals surface area contributed by atoms with Crippen molar-refractivity contribution in [2.75, 3.05) is 11.9 Å². The molecule has 2 N–H and O–H groups in total. The number of aromatic amines is 1. The van der Waals surface area contributed by atoms with Crippen molar-refractivity contribution in [3.05, 3.63) is 12.0 Å². The number of hydrogen-bond acceptors (Lipinski definition) is 4. The van der Waals surface area contributed by atoms with Gasteiger partial charge in [0, 0.05) is 6.54 Å². The predicted molar refractivity (Wildman–Crippen MR) is 50.8 cm³/mol. The van der Waals surface area contributed by atoms with E-state index in [1.807, 2.05) is 0 Å². The van der Waals surface area contributed by atoms with Crippen LogP contribution in [0.25, 0.3) is 11.0 Å². The van der Waals surface area contributed by atoms with Gasteiger partial charge in [0.15, 0.2) is 5.65 Å². The van der Waals surface area contributed by atoms with Gasteiger partial charge in [0.05, 0.1) is 11.6 Å². The lowest BCUT2D eigenvalue weighted by molar-refractivity contribution is -0.144. The summed E-state index contributed by atoms with van der Waals surface area (Å²) in [5.41, 5.74) is 0.0678. The van der Waals surface area contributed by atoms with Gasteiger partial charge >= 0.3 is 6.18 Å². The van der Waals surface area contributed by atoms with Gasteiger partial charge in [-0.05, 0) is 6.92 Å². The summed E-state index contributed by atoms with van der Waals surface area (Å²) in [6.45, 7) is 2.23. The van der Waals surface area contributed by atoms with Crippen molar-refractivity contribution in [1.82, 2.24) is 20.2 Å². The first kappa shape index (κ1) is 10.7. The Balaban J connectivity index is 2.61. The van der Waals surface area contributed by atoms with Crippen LogP contribution in [0.2, 0.25) is 0 Å². The molecule has 8 heteroatoms. The second kappa shape index (κ2) is 3.62. The summed E-state index contributed by atoms with van der Waals surface area (Å²) in [5, 5.41) is 9.20. The standard InChI is InChI=1S/C8H8F3N5/c1-2-12-5-4-3-13-16-6(4)15-7(14-5)8(9,10)11/h3H,2H2,1H3,(H2,12,13,14,15,16). The monoisotopic (exact) mass is 231 g/mol. The minimum absolute atomic E-state index is 0.0678. The topological polar surface area (TPSA) is 66.5 Å². The zero-order valence-electron chi connectivity index (χ0n) is 8.26. The van der Waals surface area contributed by atoms with Crippen molar-refractivity contribution in [2.24, 2.45) is 0 Å². The van der Waals surface area contributed by atoms with Crippen molar-refractivity contribution in [3.8, 4) is 0 Å². The molecule has 16 heavy (non-hydrogen) atoms. The van der Waals surface area contributed by atoms with Gasteiger partial charge in [0.25, 0.3) is 0 Å². The van der Waals surface area contributed by atoms with Gasteiger partial charge in [-0.3, -0.25) is 5.10 Å². The number of H-pyrrole nitrogens is 1. The fourth-order valence-corrected chi connectivity index (χ4v) is 1.26. The Morgan fingerprint density at radius 1 is 1.38 bits per heavy atom. The van der Waals surface area contributed by atoms with Crippen LogP contribution in [0.3, 0.4) is 0 Å². The SMILES string of the molecule is CCNc1nc(C(F)(F)F)nc2[nH]ncc12. The first-order chi connectivity index (χ1) is 7.52. The smallest absolute Gasteiger partial charge is 0.370 e. The highest BCUT2D eigenvalue weighted by molar-refractivity contribution is 5.85. The highest BCUT2D eigenvalue weighted by Crippen LogP contribution is 2.29. The highest BCUT2D eigenvalue weighted by atomic mass is 19.4. The molecule has 0 amide bonds. The Labute approximate surface area is 88.1 Å². The first-order valence-electron chi connectivity index (χ1n) is 4.54. The molecule has 0 aliphatic rings. The van der Waals surface area contributed by atoms with Crippen molar-refractivity contribution < 1.29 is 13.2 Å². The van der Waals surface area contributed by atoms with E-state index < -0.39 is 12.0 Å². The van der Waals surface area contributed by atoms with Gasteiger partial charge in [-0.2, -0.15) is 18.3 Å². The molecule has 0 saturated carbocycles. The number of halogens is 3. The number of hydrogen-bond donors (Lipinski definition) is 2. The molecule has 0 aliphatic heterocycles. The van der Waals surface area contributed by atoms with Gasteiger partial charge in [-0.1, -0.05) is 0 Å². The molecule has 0 unspecified atom stereocenters. The van der Waals surface area contributed by atoms with Crippen molar-refractivity contribution in [3.63, 3.8) is 0 Å². The van der Waals surface area contributed by atoms with Crippen molar-refractivity contribution in [2.45, 2.75) is 13.1 Å². The molecular weight excluding hydrogens is 223 g/mol. The van der Waals surface area contributed by atoms with Crippen LogP contribution in [0.4, 0.5) is 19.0 Å². The number of nitrogens with zero attached hydrogens (tertiary/aromatic N) is 3. The first-order valence-corrected chi connectivity index (χ1v) is 4.54. The Morgan fingerprint density at radius 3 is 2.75 bits per heavy atom. The lowest BCUT2D eigenvalue weighted by Crippen LogP contribution is -2.13. The third kappa shape index (κ3) is 1.77. The fraction of sp³-hybridized carbons (Fsp3) is 0.375. The third-order valence-corrected chi connectivity index (χ3v) is 1.91. The van der Waals surface area contributed by atoms with Gasteiger partial charge in [0.2, 0.25) is 5.82 Å². The van der Waals surface area contributed by atoms with Gasteiger partial charge in [-0.25, -0.2) is 9.97 Å². The maximum absolute atomic E-state index is 12.5. The number of aromatic nitrogens is 4. The fourth-order valence-electron chi connectivity index (χ4n) is 1.26. The zero-order valence-corrected chi connectivity index (χ0v) is 8.26. The molecule has 0 saturated heterocycles. The molecule has 0 aliphatic carbocycles. The molecule has 2 aromatic heterocycles. The van der Waals surface area contributed by atoms with Crippen LogP contribution in [0.1, 0.15) is 12.7 Å². The number of anilines is 1. The molecule has 0 fully saturated rings. The maximum Gasteiger partial charge on any atom is 0.451 e. The van der Waals surface area contributed by atoms with Crippen LogP contribution >= 0.6 is 0 Å². The van der Waals surface area contributed by atoms with Crippen LogP contribution < -0.4 is 5.32 Å². The van der Waals surface area contributed by atoms with E-state index in [1.54, 1.807) is 6.92 Å². The normalized spacial score (nSPS) is 12.0. The van der Waals surface area contributed by atoms with E-state index in [0.717, 1.165) is 0 Å². The van der Waals surface area contributed by atoms with Gasteiger partial charge < -0.3 is 5.32 Å². The summed E-state index contributed by atoms with van der Waals surface area (Å²) < 4.78 is 37.4. The van der Waals surface area contributed by atoms with Crippen molar-refractivity contribution >= 4 is 16.9 Å². The average molecular weight is 231 g/mol. The summed E-state index contributed by atoms with van der Waals surface area (Å²) in [6.07, 6.45) is -3.18. The lowest BCUT2D eigenvalue weighted by atomic mass is 10.3. The summed E-state index contributed by atoms with van der Waals surface area (Å²) in [5.74, 6) is -1.05. The number of fused-ring (bicyclic) bond motifs is 1. The molecule has 0 spiro atoms. The molecule has 0 radical (unpaired) electrons. The van der Waals surface area contributed by atoms with Gasteiger partial charge in [-0.15, -0.1) is 0 Å². The summed E-state index contributed by atoms with van der Waals surface area (Å²) in [7, 11) is 0. The van der Waals surface area contributed by atoms with E-state index in [0.29, 0.717) is 11.9 Å². The molecular formula is C8H8F3N5. The van der Waals surface area contributed by atoms with E-state index in [-0.39, 0.29) is 11.5 Å². The quantitative estimate of drug-likeness (QED) is 0.827. The zero-order chi connectivity index (χ0) is 11.8. The highest BCUT2D eigenvalue weighted by Gasteiger charge is 2.35. The van der Waals surface area contributed by atoms with E-state index in [2.05, 4.69) is 25.5 Å². The second-order valence-corrected chi connectivity index (χ2v) is 3.06. The molecule has 86 valence electrons. The molecule has 2 rings (SSSR count). The minimum Gasteiger partial charge on any atom is -0.370 e. The second-order valence-electron chi connectivity index (χ2n) is 3.06. The molecule has 5 nitrogen and oxygen atoms in total. The largest absolute Gasteiger partial charge is 0.451 e. The van der Waals surface area contributed by atoms with Crippen LogP contribution in [-0.2, 0) is 6.18 Å². The molecule has 2 aromatic rings. The molecule has 0 atom stereocenters.